The van der Waals surface area contributed by atoms with Gasteiger partial charge in [-0.3, -0.25) is 15.0 Å². The second-order valence-electron chi connectivity index (χ2n) is 5.71. The van der Waals surface area contributed by atoms with Crippen LogP contribution in [-0.2, 0) is 6.42 Å². The van der Waals surface area contributed by atoms with Crippen LogP contribution in [0, 0.1) is 0 Å². The van der Waals surface area contributed by atoms with Crippen molar-refractivity contribution in [2.24, 2.45) is 0 Å². The maximum atomic E-state index is 4.59. The monoisotopic (exact) mass is 311 g/mol. The molecule has 0 aliphatic rings. The number of fused-ring (bicyclic) bond motifs is 1. The number of nitrogens with zero attached hydrogens (tertiary/aromatic N) is 3. The van der Waals surface area contributed by atoms with Crippen LogP contribution in [0.4, 0.5) is 0 Å². The zero-order chi connectivity index (χ0) is 16.4. The van der Waals surface area contributed by atoms with Gasteiger partial charge in [0.2, 0.25) is 0 Å². The molecule has 3 nitrogen and oxygen atoms in total. The van der Waals surface area contributed by atoms with Crippen LogP contribution in [0.1, 0.15) is 12.6 Å². The van der Waals surface area contributed by atoms with E-state index < -0.39 is 0 Å². The summed E-state index contributed by atoms with van der Waals surface area (Å²) in [5.41, 5.74) is 4.94. The molecule has 0 fully saturated rings. The molecule has 0 unspecified atom stereocenters. The molecular weight excluding hydrogens is 294 g/mol. The van der Waals surface area contributed by atoms with Crippen molar-refractivity contribution in [1.29, 1.82) is 0 Å². The first kappa shape index (κ1) is 14.5. The van der Waals surface area contributed by atoms with E-state index >= 15 is 0 Å². The molecule has 0 aliphatic heterocycles. The fourth-order valence-corrected chi connectivity index (χ4v) is 2.85. The van der Waals surface area contributed by atoms with Gasteiger partial charge in [0, 0.05) is 18.0 Å². The van der Waals surface area contributed by atoms with Crippen LogP contribution in [0.15, 0.2) is 73.2 Å². The number of rotatable bonds is 3. The molecule has 2 aromatic carbocycles. The molecule has 24 heavy (non-hydrogen) atoms. The molecule has 3 heteroatoms. The summed E-state index contributed by atoms with van der Waals surface area (Å²) in [6.07, 6.45) is 6.40. The van der Waals surface area contributed by atoms with Crippen molar-refractivity contribution in [3.05, 3.63) is 78.9 Å². The van der Waals surface area contributed by atoms with Gasteiger partial charge in [-0.1, -0.05) is 55.5 Å². The number of benzene rings is 2. The topological polar surface area (TPSA) is 38.7 Å². The third kappa shape index (κ3) is 2.65. The SMILES string of the molecule is CCc1cnc(-c2ccc(-c3cccc4ccccc34)cn2)cn1. The van der Waals surface area contributed by atoms with Crippen molar-refractivity contribution in [1.82, 2.24) is 15.0 Å². The molecule has 0 spiro atoms. The van der Waals surface area contributed by atoms with Crippen molar-refractivity contribution < 1.29 is 0 Å². The largest absolute Gasteiger partial charge is 0.257 e. The van der Waals surface area contributed by atoms with Crippen LogP contribution < -0.4 is 0 Å². The van der Waals surface area contributed by atoms with Crippen LogP contribution in [0.3, 0.4) is 0 Å². The number of hydrogen-bond donors (Lipinski definition) is 0. The van der Waals surface area contributed by atoms with Crippen molar-refractivity contribution >= 4 is 10.8 Å². The standard InChI is InChI=1S/C21H17N3/c1-2-17-13-24-21(14-22-17)20-11-10-16(12-23-20)19-9-5-7-15-6-3-4-8-18(15)19/h3-14H,2H2,1H3. The van der Waals surface area contributed by atoms with Gasteiger partial charge in [-0.2, -0.15) is 0 Å². The highest BCUT2D eigenvalue weighted by molar-refractivity contribution is 5.96. The molecule has 0 amide bonds. The Hall–Kier alpha value is -3.07. The van der Waals surface area contributed by atoms with Gasteiger partial charge in [0.15, 0.2) is 0 Å². The second-order valence-corrected chi connectivity index (χ2v) is 5.71. The molecule has 2 aromatic heterocycles. The lowest BCUT2D eigenvalue weighted by atomic mass is 9.99. The minimum atomic E-state index is 0.802. The fourth-order valence-electron chi connectivity index (χ4n) is 2.85. The second kappa shape index (κ2) is 6.20. The van der Waals surface area contributed by atoms with Gasteiger partial charge in [-0.25, -0.2) is 0 Å². The van der Waals surface area contributed by atoms with E-state index in [0.29, 0.717) is 0 Å². The van der Waals surface area contributed by atoms with E-state index in [1.807, 2.05) is 18.5 Å². The predicted molar refractivity (Wildman–Crippen MR) is 97.6 cm³/mol. The Balaban J connectivity index is 1.72. The van der Waals surface area contributed by atoms with Crippen LogP contribution in [-0.4, -0.2) is 15.0 Å². The molecule has 0 bridgehead atoms. The van der Waals surface area contributed by atoms with Crippen LogP contribution in [0.25, 0.3) is 33.3 Å². The molecule has 0 saturated carbocycles. The Bertz CT molecular complexity index is 968. The summed E-state index contributed by atoms with van der Waals surface area (Å²) in [4.78, 5) is 13.4. The minimum Gasteiger partial charge on any atom is -0.257 e. The quantitative estimate of drug-likeness (QED) is 0.539. The maximum Gasteiger partial charge on any atom is 0.107 e. The zero-order valence-corrected chi connectivity index (χ0v) is 13.5. The first-order valence-corrected chi connectivity index (χ1v) is 8.10. The van der Waals surface area contributed by atoms with Gasteiger partial charge in [0.05, 0.1) is 17.6 Å². The minimum absolute atomic E-state index is 0.802. The summed E-state index contributed by atoms with van der Waals surface area (Å²) in [5.74, 6) is 0. The highest BCUT2D eigenvalue weighted by Crippen LogP contribution is 2.28. The lowest BCUT2D eigenvalue weighted by Crippen LogP contribution is -1.93. The van der Waals surface area contributed by atoms with Crippen LogP contribution >= 0.6 is 0 Å². The molecule has 4 aromatic rings. The molecule has 0 saturated heterocycles. The third-order valence-corrected chi connectivity index (χ3v) is 4.19. The van der Waals surface area contributed by atoms with Crippen molar-refractivity contribution in [2.75, 3.05) is 0 Å². The Kier molecular flexibility index (Phi) is 3.75. The highest BCUT2D eigenvalue weighted by atomic mass is 14.8. The molecule has 116 valence electrons. The summed E-state index contributed by atoms with van der Waals surface area (Å²) in [6, 6.07) is 18.9. The fraction of sp³-hybridized carbons (Fsp3) is 0.0952. The lowest BCUT2D eigenvalue weighted by Gasteiger charge is -2.07. The Labute approximate surface area is 141 Å². The first-order chi connectivity index (χ1) is 11.8. The Morgan fingerprint density at radius 3 is 2.29 bits per heavy atom. The molecule has 2 heterocycles. The van der Waals surface area contributed by atoms with E-state index in [1.165, 1.54) is 16.3 Å². The Morgan fingerprint density at radius 2 is 1.54 bits per heavy atom. The van der Waals surface area contributed by atoms with Gasteiger partial charge in [-0.05, 0) is 28.8 Å². The van der Waals surface area contributed by atoms with Gasteiger partial charge in [0.25, 0.3) is 0 Å². The molecule has 0 atom stereocenters. The van der Waals surface area contributed by atoms with Crippen molar-refractivity contribution in [2.45, 2.75) is 13.3 Å². The molecule has 0 aliphatic carbocycles. The summed E-state index contributed by atoms with van der Waals surface area (Å²) < 4.78 is 0. The van der Waals surface area contributed by atoms with E-state index in [4.69, 9.17) is 0 Å². The van der Waals surface area contributed by atoms with Crippen molar-refractivity contribution in [3.63, 3.8) is 0 Å². The zero-order valence-electron chi connectivity index (χ0n) is 13.5. The normalized spacial score (nSPS) is 10.9. The lowest BCUT2D eigenvalue weighted by molar-refractivity contribution is 0.999. The number of aromatic nitrogens is 3. The van der Waals surface area contributed by atoms with E-state index in [9.17, 15) is 0 Å². The van der Waals surface area contributed by atoms with Gasteiger partial charge < -0.3 is 0 Å². The number of hydrogen-bond acceptors (Lipinski definition) is 3. The molecule has 0 N–H and O–H groups in total. The van der Waals surface area contributed by atoms with Gasteiger partial charge in [0.1, 0.15) is 5.69 Å². The maximum absolute atomic E-state index is 4.59. The first-order valence-electron chi connectivity index (χ1n) is 8.10. The van der Waals surface area contributed by atoms with Gasteiger partial charge in [-0.15, -0.1) is 0 Å². The predicted octanol–water partition coefficient (Wildman–Crippen LogP) is 4.92. The van der Waals surface area contributed by atoms with E-state index in [2.05, 4.69) is 70.4 Å². The molecule has 4 rings (SSSR count). The van der Waals surface area contributed by atoms with E-state index in [0.717, 1.165) is 29.1 Å². The summed E-state index contributed by atoms with van der Waals surface area (Å²) >= 11 is 0. The van der Waals surface area contributed by atoms with E-state index in [-0.39, 0.29) is 0 Å². The van der Waals surface area contributed by atoms with Crippen LogP contribution in [0.2, 0.25) is 0 Å². The van der Waals surface area contributed by atoms with Crippen molar-refractivity contribution in [3.8, 4) is 22.5 Å². The number of pyridine rings is 1. The average Bonchev–Trinajstić information content (AvgIpc) is 2.68. The summed E-state index contributed by atoms with van der Waals surface area (Å²) in [7, 11) is 0. The van der Waals surface area contributed by atoms with Crippen LogP contribution in [0.5, 0.6) is 0 Å². The molecular formula is C21H17N3. The average molecular weight is 311 g/mol. The highest BCUT2D eigenvalue weighted by Gasteiger charge is 2.06. The molecule has 0 radical (unpaired) electrons. The smallest absolute Gasteiger partial charge is 0.107 e. The van der Waals surface area contributed by atoms with Gasteiger partial charge >= 0.3 is 0 Å². The third-order valence-electron chi connectivity index (χ3n) is 4.19. The summed E-state index contributed by atoms with van der Waals surface area (Å²) in [5, 5.41) is 2.47. The Morgan fingerprint density at radius 1 is 0.708 bits per heavy atom. The number of aryl methyl sites for hydroxylation is 1. The summed E-state index contributed by atoms with van der Waals surface area (Å²) in [6.45, 7) is 2.07. The van der Waals surface area contributed by atoms with E-state index in [1.54, 1.807) is 6.20 Å².